The van der Waals surface area contributed by atoms with Gasteiger partial charge in [0, 0.05) is 13.0 Å². The molecule has 9 heteroatoms. The first-order chi connectivity index (χ1) is 11.0. The number of aromatic amines is 1. The number of anilines is 1. The predicted octanol–water partition coefficient (Wildman–Crippen LogP) is 1.90. The van der Waals surface area contributed by atoms with Gasteiger partial charge in [-0.3, -0.25) is 4.79 Å². The molecule has 0 spiro atoms. The molecule has 2 aromatic heterocycles. The van der Waals surface area contributed by atoms with Gasteiger partial charge in [0.15, 0.2) is 11.0 Å². The number of carbonyl (C=O) groups excluding carboxylic acids is 1. The summed E-state index contributed by atoms with van der Waals surface area (Å²) in [5.41, 5.74) is 6.75. The van der Waals surface area contributed by atoms with Crippen molar-refractivity contribution in [3.05, 3.63) is 46.6 Å². The van der Waals surface area contributed by atoms with Gasteiger partial charge in [-0.25, -0.2) is 9.37 Å². The van der Waals surface area contributed by atoms with Crippen LogP contribution in [-0.2, 0) is 6.42 Å². The fourth-order valence-electron chi connectivity index (χ4n) is 2.14. The van der Waals surface area contributed by atoms with Gasteiger partial charge in [-0.05, 0) is 24.3 Å². The van der Waals surface area contributed by atoms with E-state index >= 15 is 0 Å². The van der Waals surface area contributed by atoms with E-state index < -0.39 is 5.91 Å². The molecule has 0 fully saturated rings. The standard InChI is InChI=1S/C14H12ClFN6O/c15-11-6-8(13(17)23)14(22-21-11)18-4-3-12-19-9-2-1-7(16)5-10(9)20-12/h1-2,5-6H,3-4H2,(H2,17,23)(H,18,22)(H,19,20). The van der Waals surface area contributed by atoms with Gasteiger partial charge in [0.2, 0.25) is 0 Å². The molecule has 7 nitrogen and oxygen atoms in total. The zero-order valence-electron chi connectivity index (χ0n) is 11.8. The van der Waals surface area contributed by atoms with Gasteiger partial charge in [0.05, 0.1) is 16.6 Å². The van der Waals surface area contributed by atoms with Crippen molar-refractivity contribution in [2.75, 3.05) is 11.9 Å². The second kappa shape index (κ2) is 6.17. The zero-order valence-corrected chi connectivity index (χ0v) is 12.6. The fraction of sp³-hybridized carbons (Fsp3) is 0.143. The minimum absolute atomic E-state index is 0.0867. The molecular formula is C14H12ClFN6O. The van der Waals surface area contributed by atoms with E-state index in [4.69, 9.17) is 17.3 Å². The van der Waals surface area contributed by atoms with Crippen molar-refractivity contribution < 1.29 is 9.18 Å². The molecule has 3 aromatic rings. The Kier molecular flexibility index (Phi) is 4.07. The van der Waals surface area contributed by atoms with Gasteiger partial charge in [0.25, 0.3) is 5.91 Å². The Bertz CT molecular complexity index is 881. The first kappa shape index (κ1) is 15.2. The molecular weight excluding hydrogens is 323 g/mol. The molecule has 0 aliphatic carbocycles. The van der Waals surface area contributed by atoms with Crippen molar-refractivity contribution in [2.24, 2.45) is 5.73 Å². The van der Waals surface area contributed by atoms with Crippen molar-refractivity contribution >= 4 is 34.4 Å². The van der Waals surface area contributed by atoms with Gasteiger partial charge in [-0.1, -0.05) is 11.6 Å². The highest BCUT2D eigenvalue weighted by molar-refractivity contribution is 6.29. The number of rotatable bonds is 5. The molecule has 1 aromatic carbocycles. The monoisotopic (exact) mass is 334 g/mol. The van der Waals surface area contributed by atoms with Crippen LogP contribution in [0.25, 0.3) is 11.0 Å². The molecule has 3 rings (SSSR count). The number of benzene rings is 1. The Hall–Kier alpha value is -2.74. The Morgan fingerprint density at radius 1 is 1.35 bits per heavy atom. The highest BCUT2D eigenvalue weighted by atomic mass is 35.5. The van der Waals surface area contributed by atoms with Crippen LogP contribution in [0.1, 0.15) is 16.2 Å². The lowest BCUT2D eigenvalue weighted by molar-refractivity contribution is 0.100. The van der Waals surface area contributed by atoms with Crippen LogP contribution in [0.15, 0.2) is 24.3 Å². The van der Waals surface area contributed by atoms with Gasteiger partial charge >= 0.3 is 0 Å². The topological polar surface area (TPSA) is 110 Å². The van der Waals surface area contributed by atoms with E-state index in [0.29, 0.717) is 29.8 Å². The Balaban J connectivity index is 1.70. The normalized spacial score (nSPS) is 10.9. The van der Waals surface area contributed by atoms with Crippen molar-refractivity contribution in [3.8, 4) is 0 Å². The van der Waals surface area contributed by atoms with Crippen molar-refractivity contribution in [1.82, 2.24) is 20.2 Å². The number of halogens is 2. The molecule has 0 atom stereocenters. The maximum Gasteiger partial charge on any atom is 0.252 e. The van der Waals surface area contributed by atoms with Crippen molar-refractivity contribution in [2.45, 2.75) is 6.42 Å². The quantitative estimate of drug-likeness (QED) is 0.660. The number of nitrogens with two attached hydrogens (primary N) is 1. The fourth-order valence-corrected chi connectivity index (χ4v) is 2.29. The zero-order chi connectivity index (χ0) is 16.4. The van der Waals surface area contributed by atoms with E-state index in [1.54, 1.807) is 6.07 Å². The highest BCUT2D eigenvalue weighted by Crippen LogP contribution is 2.16. The first-order valence-corrected chi connectivity index (χ1v) is 7.12. The number of carbonyl (C=O) groups is 1. The first-order valence-electron chi connectivity index (χ1n) is 6.74. The number of primary amides is 1. The van der Waals surface area contributed by atoms with Crippen LogP contribution in [0, 0.1) is 5.82 Å². The summed E-state index contributed by atoms with van der Waals surface area (Å²) in [5, 5.41) is 10.5. The lowest BCUT2D eigenvalue weighted by atomic mass is 10.2. The van der Waals surface area contributed by atoms with Crippen LogP contribution < -0.4 is 11.1 Å². The molecule has 0 bridgehead atoms. The van der Waals surface area contributed by atoms with E-state index in [-0.39, 0.29) is 22.4 Å². The Morgan fingerprint density at radius 3 is 2.96 bits per heavy atom. The number of hydrogen-bond donors (Lipinski definition) is 3. The van der Waals surface area contributed by atoms with Crippen molar-refractivity contribution in [1.29, 1.82) is 0 Å². The summed E-state index contributed by atoms with van der Waals surface area (Å²) in [7, 11) is 0. The van der Waals surface area contributed by atoms with Crippen LogP contribution in [0.3, 0.4) is 0 Å². The average Bonchev–Trinajstić information content (AvgIpc) is 2.90. The summed E-state index contributed by atoms with van der Waals surface area (Å²) in [5.74, 6) is -0.0402. The minimum atomic E-state index is -0.650. The minimum Gasteiger partial charge on any atom is -0.367 e. The van der Waals surface area contributed by atoms with Crippen LogP contribution >= 0.6 is 11.6 Å². The number of H-pyrrole nitrogens is 1. The third-order valence-corrected chi connectivity index (χ3v) is 3.36. The lowest BCUT2D eigenvalue weighted by Gasteiger charge is -2.07. The number of hydrogen-bond acceptors (Lipinski definition) is 5. The van der Waals surface area contributed by atoms with Gasteiger partial charge in [-0.2, -0.15) is 0 Å². The number of imidazole rings is 1. The van der Waals surface area contributed by atoms with Crippen LogP contribution in [0.5, 0.6) is 0 Å². The Labute approximate surface area is 135 Å². The number of nitrogens with zero attached hydrogens (tertiary/aromatic N) is 3. The van der Waals surface area contributed by atoms with Crippen LogP contribution in [0.4, 0.5) is 10.2 Å². The van der Waals surface area contributed by atoms with Crippen LogP contribution in [-0.4, -0.2) is 32.6 Å². The number of aromatic nitrogens is 4. The van der Waals surface area contributed by atoms with Crippen LogP contribution in [0.2, 0.25) is 5.15 Å². The van der Waals surface area contributed by atoms with E-state index in [0.717, 1.165) is 0 Å². The molecule has 0 aliphatic rings. The molecule has 118 valence electrons. The SMILES string of the molecule is NC(=O)c1cc(Cl)nnc1NCCc1nc2ccc(F)cc2[nH]1. The number of fused-ring (bicyclic) bond motifs is 1. The second-order valence-corrected chi connectivity index (χ2v) is 5.20. The van der Waals surface area contributed by atoms with E-state index in [9.17, 15) is 9.18 Å². The molecule has 1 amide bonds. The molecule has 4 N–H and O–H groups in total. The lowest BCUT2D eigenvalue weighted by Crippen LogP contribution is -2.17. The highest BCUT2D eigenvalue weighted by Gasteiger charge is 2.11. The summed E-state index contributed by atoms with van der Waals surface area (Å²) < 4.78 is 13.1. The predicted molar refractivity (Wildman–Crippen MR) is 83.8 cm³/mol. The molecule has 0 radical (unpaired) electrons. The molecule has 23 heavy (non-hydrogen) atoms. The maximum atomic E-state index is 13.1. The maximum absolute atomic E-state index is 13.1. The van der Waals surface area contributed by atoms with Crippen molar-refractivity contribution in [3.63, 3.8) is 0 Å². The smallest absolute Gasteiger partial charge is 0.252 e. The molecule has 0 unspecified atom stereocenters. The summed E-state index contributed by atoms with van der Waals surface area (Å²) in [4.78, 5) is 18.7. The summed E-state index contributed by atoms with van der Waals surface area (Å²) in [6, 6.07) is 5.69. The molecule has 2 heterocycles. The van der Waals surface area contributed by atoms with Gasteiger partial charge < -0.3 is 16.0 Å². The van der Waals surface area contributed by atoms with Gasteiger partial charge in [-0.15, -0.1) is 10.2 Å². The summed E-state index contributed by atoms with van der Waals surface area (Å²) >= 11 is 5.69. The molecule has 0 saturated carbocycles. The number of nitrogens with one attached hydrogen (secondary N) is 2. The van der Waals surface area contributed by atoms with E-state index in [1.165, 1.54) is 18.2 Å². The molecule has 0 aliphatic heterocycles. The summed E-state index contributed by atoms with van der Waals surface area (Å²) in [6.45, 7) is 0.429. The third-order valence-electron chi connectivity index (χ3n) is 3.18. The van der Waals surface area contributed by atoms with E-state index in [1.807, 2.05) is 0 Å². The molecule has 0 saturated heterocycles. The summed E-state index contributed by atoms with van der Waals surface area (Å²) in [6.07, 6.45) is 0.513. The average molecular weight is 335 g/mol. The Morgan fingerprint density at radius 2 is 2.17 bits per heavy atom. The second-order valence-electron chi connectivity index (χ2n) is 4.82. The third kappa shape index (κ3) is 3.37. The van der Waals surface area contributed by atoms with E-state index in [2.05, 4.69) is 25.5 Å². The number of amides is 1. The largest absolute Gasteiger partial charge is 0.367 e. The van der Waals surface area contributed by atoms with Gasteiger partial charge in [0.1, 0.15) is 11.6 Å².